The van der Waals surface area contributed by atoms with E-state index >= 15 is 0 Å². The third-order valence-corrected chi connectivity index (χ3v) is 15.8. The molecular formula is C72H47N3. The molecule has 1 aliphatic carbocycles. The van der Waals surface area contributed by atoms with E-state index in [2.05, 4.69) is 266 Å². The summed E-state index contributed by atoms with van der Waals surface area (Å²) in [7, 11) is 0. The van der Waals surface area contributed by atoms with Gasteiger partial charge in [-0.25, -0.2) is 4.98 Å². The van der Waals surface area contributed by atoms with Crippen molar-refractivity contribution in [2.24, 2.45) is 0 Å². The van der Waals surface area contributed by atoms with Crippen molar-refractivity contribution in [1.29, 1.82) is 0 Å². The Kier molecular flexibility index (Phi) is 10.0. The highest BCUT2D eigenvalue weighted by Gasteiger charge is 2.24. The van der Waals surface area contributed by atoms with E-state index in [0.29, 0.717) is 0 Å². The Balaban J connectivity index is 1.01. The van der Waals surface area contributed by atoms with Crippen molar-refractivity contribution in [2.75, 3.05) is 0 Å². The number of nitrogens with zero attached hydrogens (tertiary/aromatic N) is 3. The predicted octanol–water partition coefficient (Wildman–Crippen LogP) is 19.4. The van der Waals surface area contributed by atoms with Crippen LogP contribution < -0.4 is 0 Å². The van der Waals surface area contributed by atoms with Gasteiger partial charge in [-0.3, -0.25) is 4.98 Å². The minimum atomic E-state index is 0.194. The van der Waals surface area contributed by atoms with Crippen LogP contribution in [0, 0.1) is 0 Å². The third-order valence-electron chi connectivity index (χ3n) is 15.8. The number of hydrogen-bond acceptors (Lipinski definition) is 2. The van der Waals surface area contributed by atoms with Crippen LogP contribution in [0.4, 0.5) is 0 Å². The molecule has 11 aromatic carbocycles. The molecule has 0 amide bonds. The number of benzene rings is 11. The number of fused-ring (bicyclic) bond motifs is 8. The summed E-state index contributed by atoms with van der Waals surface area (Å²) in [5.41, 5.74) is 15.9. The molecule has 0 saturated heterocycles. The second kappa shape index (κ2) is 17.5. The van der Waals surface area contributed by atoms with Crippen LogP contribution in [0.1, 0.15) is 12.5 Å². The normalized spacial score (nSPS) is 13.6. The summed E-state index contributed by atoms with van der Waals surface area (Å²) >= 11 is 0. The molecule has 0 N–H and O–H groups in total. The van der Waals surface area contributed by atoms with Gasteiger partial charge < -0.3 is 4.57 Å². The quantitative estimate of drug-likeness (QED) is 0.149. The second-order valence-electron chi connectivity index (χ2n) is 19.9. The first-order valence-electron chi connectivity index (χ1n) is 26.0. The van der Waals surface area contributed by atoms with Gasteiger partial charge in [-0.2, -0.15) is 0 Å². The average Bonchev–Trinajstić information content (AvgIpc) is 3.82. The van der Waals surface area contributed by atoms with Crippen molar-refractivity contribution in [2.45, 2.75) is 12.5 Å². The molecule has 0 aliphatic heterocycles. The molecule has 15 rings (SSSR count). The number of hydrogen-bond donors (Lipinski definition) is 0. The molecule has 0 bridgehead atoms. The fourth-order valence-corrected chi connectivity index (χ4v) is 12.4. The maximum Gasteiger partial charge on any atom is 0.141 e. The molecule has 0 saturated carbocycles. The molecule has 0 radical (unpaired) electrons. The van der Waals surface area contributed by atoms with Crippen molar-refractivity contribution >= 4 is 75.8 Å². The first kappa shape index (κ1) is 42.9. The number of allylic oxidation sites excluding steroid dienone is 4. The maximum atomic E-state index is 5.42. The van der Waals surface area contributed by atoms with E-state index in [9.17, 15) is 0 Å². The summed E-state index contributed by atoms with van der Waals surface area (Å²) in [4.78, 5) is 10.4. The zero-order valence-electron chi connectivity index (χ0n) is 41.0. The Morgan fingerprint density at radius 1 is 0.347 bits per heavy atom. The molecule has 14 aromatic rings. The van der Waals surface area contributed by atoms with Gasteiger partial charge in [0.2, 0.25) is 0 Å². The number of pyridine rings is 2. The Morgan fingerprint density at radius 3 is 1.55 bits per heavy atom. The van der Waals surface area contributed by atoms with Crippen LogP contribution in [0.5, 0.6) is 0 Å². The fourth-order valence-electron chi connectivity index (χ4n) is 12.4. The molecule has 1 atom stereocenters. The van der Waals surface area contributed by atoms with Gasteiger partial charge in [0.05, 0.1) is 17.3 Å². The summed E-state index contributed by atoms with van der Waals surface area (Å²) in [5.74, 6) is 0. The maximum absolute atomic E-state index is 5.42. The van der Waals surface area contributed by atoms with E-state index in [1.54, 1.807) is 0 Å². The van der Waals surface area contributed by atoms with Gasteiger partial charge in [0.15, 0.2) is 0 Å². The molecule has 3 aromatic heterocycles. The van der Waals surface area contributed by atoms with Gasteiger partial charge in [0, 0.05) is 34.3 Å². The summed E-state index contributed by atoms with van der Waals surface area (Å²) in [6, 6.07) is 85.2. The molecule has 3 heterocycles. The van der Waals surface area contributed by atoms with Crippen LogP contribution in [0.3, 0.4) is 0 Å². The van der Waals surface area contributed by atoms with Crippen molar-refractivity contribution in [3.8, 4) is 66.9 Å². The topological polar surface area (TPSA) is 30.7 Å². The minimum absolute atomic E-state index is 0.194. The van der Waals surface area contributed by atoms with E-state index in [0.717, 1.165) is 62.1 Å². The monoisotopic (exact) mass is 953 g/mol. The molecule has 75 heavy (non-hydrogen) atoms. The van der Waals surface area contributed by atoms with Crippen molar-refractivity contribution < 1.29 is 0 Å². The van der Waals surface area contributed by atoms with Gasteiger partial charge in [-0.15, -0.1) is 0 Å². The Hall–Kier alpha value is -9.70. The average molecular weight is 954 g/mol. The van der Waals surface area contributed by atoms with E-state index in [1.807, 2.05) is 6.20 Å². The minimum Gasteiger partial charge on any atom is -0.318 e. The third kappa shape index (κ3) is 6.96. The molecule has 1 aliphatic rings. The lowest BCUT2D eigenvalue weighted by molar-refractivity contribution is 0.643. The molecule has 3 nitrogen and oxygen atoms in total. The van der Waals surface area contributed by atoms with Gasteiger partial charge >= 0.3 is 0 Å². The molecule has 0 spiro atoms. The Bertz CT molecular complexity index is 4690. The van der Waals surface area contributed by atoms with Crippen molar-refractivity contribution in [3.05, 3.63) is 267 Å². The lowest BCUT2D eigenvalue weighted by Gasteiger charge is -2.21. The lowest BCUT2D eigenvalue weighted by atomic mass is 9.82. The van der Waals surface area contributed by atoms with E-state index in [4.69, 9.17) is 9.97 Å². The fraction of sp³-hybridized carbons (Fsp3) is 0.0278. The molecule has 3 heteroatoms. The van der Waals surface area contributed by atoms with Crippen LogP contribution >= 0.6 is 0 Å². The summed E-state index contributed by atoms with van der Waals surface area (Å²) in [6.45, 7) is 0. The standard InChI is InChI=1S/C72H47N3/c1-2-24-51(25-3-1)75-69-40-38-49(42-65(69)63-36-17-41-73-72(63)75)55-29-10-11-30-56(55)64-44-68(57-33-14-21-46-18-4-7-26-52(46)57)74-45-67(64)50-37-39-62-66(43-50)71(59-35-16-23-48-20-6-9-28-54(48)59)61-32-13-12-31-60(61)70(62)58-34-15-22-47-19-5-8-27-53(47)58/h1-24,26-45,51H,25H2. The SMILES string of the molecule is C1=CCC(n2c3ccc(-c4ccccc4-c4cc(-c5cccc6ccccc56)ncc4-c4ccc5c(-c6cccc7ccccc67)c6ccccc6c(-c6cccc7ccccc67)c5c4)cc3c3cccnc32)C=C1. The van der Waals surface area contributed by atoms with Gasteiger partial charge in [-0.1, -0.05) is 218 Å². The molecular weight excluding hydrogens is 907 g/mol. The lowest BCUT2D eigenvalue weighted by Crippen LogP contribution is -2.07. The molecule has 1 unspecified atom stereocenters. The van der Waals surface area contributed by atoms with Crippen LogP contribution in [-0.2, 0) is 0 Å². The van der Waals surface area contributed by atoms with Gasteiger partial charge in [-0.05, 0) is 147 Å². The van der Waals surface area contributed by atoms with Crippen molar-refractivity contribution in [3.63, 3.8) is 0 Å². The van der Waals surface area contributed by atoms with Crippen LogP contribution in [0.15, 0.2) is 267 Å². The summed E-state index contributed by atoms with van der Waals surface area (Å²) in [5, 5.41) is 14.5. The van der Waals surface area contributed by atoms with Crippen LogP contribution in [0.2, 0.25) is 0 Å². The van der Waals surface area contributed by atoms with E-state index in [1.165, 1.54) is 87.0 Å². The molecule has 0 fully saturated rings. The van der Waals surface area contributed by atoms with Crippen LogP contribution in [0.25, 0.3) is 143 Å². The zero-order chi connectivity index (χ0) is 49.4. The first-order valence-corrected chi connectivity index (χ1v) is 26.0. The van der Waals surface area contributed by atoms with E-state index < -0.39 is 0 Å². The first-order chi connectivity index (χ1) is 37.2. The number of rotatable bonds is 7. The van der Waals surface area contributed by atoms with Crippen molar-refractivity contribution in [1.82, 2.24) is 14.5 Å². The highest BCUT2D eigenvalue weighted by molar-refractivity contribution is 6.26. The van der Waals surface area contributed by atoms with Crippen LogP contribution in [-0.4, -0.2) is 14.5 Å². The van der Waals surface area contributed by atoms with Gasteiger partial charge in [0.1, 0.15) is 5.65 Å². The number of aromatic nitrogens is 3. The zero-order valence-corrected chi connectivity index (χ0v) is 41.0. The molecule has 350 valence electrons. The van der Waals surface area contributed by atoms with E-state index in [-0.39, 0.29) is 6.04 Å². The summed E-state index contributed by atoms with van der Waals surface area (Å²) in [6.07, 6.45) is 13.8. The smallest absolute Gasteiger partial charge is 0.141 e. The predicted molar refractivity (Wildman–Crippen MR) is 317 cm³/mol. The Labute approximate surface area is 434 Å². The highest BCUT2D eigenvalue weighted by atomic mass is 15.1. The highest BCUT2D eigenvalue weighted by Crippen LogP contribution is 2.49. The summed E-state index contributed by atoms with van der Waals surface area (Å²) < 4.78 is 2.42. The second-order valence-corrected chi connectivity index (χ2v) is 19.9. The Morgan fingerprint density at radius 2 is 0.867 bits per heavy atom. The van der Waals surface area contributed by atoms with Gasteiger partial charge in [0.25, 0.3) is 0 Å². The largest absolute Gasteiger partial charge is 0.318 e.